The molecular formula is C9H19N5. The minimum absolute atomic E-state index is 0.528. The van der Waals surface area contributed by atoms with E-state index in [1.165, 1.54) is 12.8 Å². The molecule has 2 rings (SSSR count). The fourth-order valence-corrected chi connectivity index (χ4v) is 1.61. The average Bonchev–Trinajstić information content (AvgIpc) is 3.00. The third kappa shape index (κ3) is 2.36. The van der Waals surface area contributed by atoms with Gasteiger partial charge < -0.3 is 9.80 Å². The summed E-state index contributed by atoms with van der Waals surface area (Å²) in [5.74, 6) is 6.35. The van der Waals surface area contributed by atoms with E-state index in [-0.39, 0.29) is 0 Å². The number of aliphatic imine (C=N–C) groups is 1. The Bertz CT molecular complexity index is 215. The van der Waals surface area contributed by atoms with Crippen LogP contribution in [0, 0.1) is 0 Å². The highest BCUT2D eigenvalue weighted by Crippen LogP contribution is 2.23. The maximum Gasteiger partial charge on any atom is 0.208 e. The first-order chi connectivity index (χ1) is 6.79. The Morgan fingerprint density at radius 2 is 1.93 bits per heavy atom. The molecule has 0 unspecified atom stereocenters. The second-order valence-electron chi connectivity index (χ2n) is 4.12. The fourth-order valence-electron chi connectivity index (χ4n) is 1.61. The largest absolute Gasteiger partial charge is 0.339 e. The van der Waals surface area contributed by atoms with Crippen molar-refractivity contribution in [2.75, 3.05) is 33.2 Å². The zero-order valence-corrected chi connectivity index (χ0v) is 8.74. The fraction of sp³-hybridized carbons (Fsp3) is 0.889. The number of hydrogen-bond donors (Lipinski definition) is 2. The molecule has 0 spiro atoms. The summed E-state index contributed by atoms with van der Waals surface area (Å²) >= 11 is 0. The highest BCUT2D eigenvalue weighted by molar-refractivity contribution is 5.79. The van der Waals surface area contributed by atoms with Crippen LogP contribution in [0.1, 0.15) is 12.8 Å². The topological polar surface area (TPSA) is 56.9 Å². The molecule has 0 atom stereocenters. The van der Waals surface area contributed by atoms with Gasteiger partial charge in [-0.2, -0.15) is 0 Å². The Hall–Kier alpha value is -0.810. The summed E-state index contributed by atoms with van der Waals surface area (Å²) in [6.45, 7) is 4.22. The minimum Gasteiger partial charge on any atom is -0.339 e. The van der Waals surface area contributed by atoms with E-state index in [1.807, 2.05) is 0 Å². The van der Waals surface area contributed by atoms with Gasteiger partial charge in [0, 0.05) is 26.2 Å². The van der Waals surface area contributed by atoms with Crippen LogP contribution in [-0.2, 0) is 0 Å². The molecule has 80 valence electrons. The lowest BCUT2D eigenvalue weighted by Gasteiger charge is -2.34. The van der Waals surface area contributed by atoms with Crippen LogP contribution in [0.3, 0.4) is 0 Å². The lowest BCUT2D eigenvalue weighted by atomic mass is 10.3. The third-order valence-electron chi connectivity index (χ3n) is 2.78. The lowest BCUT2D eigenvalue weighted by Crippen LogP contribution is -2.53. The third-order valence-corrected chi connectivity index (χ3v) is 2.78. The van der Waals surface area contributed by atoms with Crippen molar-refractivity contribution in [3.8, 4) is 0 Å². The summed E-state index contributed by atoms with van der Waals surface area (Å²) in [4.78, 5) is 9.10. The summed E-state index contributed by atoms with van der Waals surface area (Å²) in [5.41, 5.74) is 2.72. The van der Waals surface area contributed by atoms with Crippen molar-refractivity contribution in [2.45, 2.75) is 18.9 Å². The second kappa shape index (κ2) is 4.14. The van der Waals surface area contributed by atoms with Crippen LogP contribution >= 0.6 is 0 Å². The van der Waals surface area contributed by atoms with Crippen molar-refractivity contribution in [2.24, 2.45) is 10.8 Å². The zero-order valence-electron chi connectivity index (χ0n) is 8.74. The summed E-state index contributed by atoms with van der Waals surface area (Å²) in [5, 5.41) is 0. The van der Waals surface area contributed by atoms with Crippen molar-refractivity contribution in [3.63, 3.8) is 0 Å². The first-order valence-corrected chi connectivity index (χ1v) is 5.27. The van der Waals surface area contributed by atoms with Crippen molar-refractivity contribution >= 4 is 5.96 Å². The van der Waals surface area contributed by atoms with Gasteiger partial charge in [0.1, 0.15) is 0 Å². The molecule has 0 bridgehead atoms. The summed E-state index contributed by atoms with van der Waals surface area (Å²) in [6, 6.07) is 0.528. The second-order valence-corrected chi connectivity index (χ2v) is 4.12. The van der Waals surface area contributed by atoms with Crippen molar-refractivity contribution in [1.29, 1.82) is 0 Å². The van der Waals surface area contributed by atoms with Crippen LogP contribution in [0.2, 0.25) is 0 Å². The lowest BCUT2D eigenvalue weighted by molar-refractivity contribution is 0.211. The number of hydrogen-bond acceptors (Lipinski definition) is 3. The molecule has 2 fully saturated rings. The number of likely N-dealkylation sites (N-methyl/N-ethyl adjacent to an activating group) is 1. The number of piperazine rings is 1. The molecule has 0 radical (unpaired) electrons. The van der Waals surface area contributed by atoms with Crippen molar-refractivity contribution in [3.05, 3.63) is 0 Å². The predicted octanol–water partition coefficient (Wildman–Crippen LogP) is -0.784. The van der Waals surface area contributed by atoms with Crippen LogP contribution < -0.4 is 11.3 Å². The Morgan fingerprint density at radius 1 is 1.29 bits per heavy atom. The first kappa shape index (κ1) is 9.73. The van der Waals surface area contributed by atoms with E-state index >= 15 is 0 Å². The van der Waals surface area contributed by atoms with Gasteiger partial charge >= 0.3 is 0 Å². The average molecular weight is 197 g/mol. The Morgan fingerprint density at radius 3 is 2.43 bits per heavy atom. The van der Waals surface area contributed by atoms with Gasteiger partial charge in [0.05, 0.1) is 6.04 Å². The van der Waals surface area contributed by atoms with Crippen LogP contribution in [0.25, 0.3) is 0 Å². The Labute approximate surface area is 84.9 Å². The van der Waals surface area contributed by atoms with Crippen LogP contribution in [0.15, 0.2) is 4.99 Å². The van der Waals surface area contributed by atoms with E-state index in [0.29, 0.717) is 6.04 Å². The molecule has 0 amide bonds. The van der Waals surface area contributed by atoms with Crippen molar-refractivity contribution in [1.82, 2.24) is 15.2 Å². The maximum absolute atomic E-state index is 5.48. The van der Waals surface area contributed by atoms with E-state index in [4.69, 9.17) is 5.84 Å². The molecule has 5 heteroatoms. The Kier molecular flexibility index (Phi) is 2.88. The molecule has 1 saturated carbocycles. The first-order valence-electron chi connectivity index (χ1n) is 5.27. The zero-order chi connectivity index (χ0) is 9.97. The number of rotatable bonds is 1. The smallest absolute Gasteiger partial charge is 0.208 e. The summed E-state index contributed by atoms with van der Waals surface area (Å²) in [7, 11) is 2.14. The molecule has 2 aliphatic rings. The van der Waals surface area contributed by atoms with Gasteiger partial charge in [0.2, 0.25) is 5.96 Å². The number of guanidine groups is 1. The number of hydrazine groups is 1. The molecule has 0 aromatic rings. The summed E-state index contributed by atoms with van der Waals surface area (Å²) in [6.07, 6.45) is 2.44. The van der Waals surface area contributed by atoms with Crippen LogP contribution in [0.4, 0.5) is 0 Å². The monoisotopic (exact) mass is 197 g/mol. The molecule has 1 aliphatic carbocycles. The normalized spacial score (nSPS) is 25.3. The minimum atomic E-state index is 0.528. The van der Waals surface area contributed by atoms with Gasteiger partial charge in [-0.25, -0.2) is 10.8 Å². The highest BCUT2D eigenvalue weighted by Gasteiger charge is 2.23. The standard InChI is InChI=1S/C9H19N5/c1-13-4-6-14(7-5-13)9(12-10)11-8-2-3-8/h8H,2-7,10H2,1H3,(H,11,12). The van der Waals surface area contributed by atoms with Gasteiger partial charge in [0.25, 0.3) is 0 Å². The van der Waals surface area contributed by atoms with Crippen LogP contribution in [-0.4, -0.2) is 55.0 Å². The molecule has 1 aliphatic heterocycles. The number of nitrogens with one attached hydrogen (secondary N) is 1. The van der Waals surface area contributed by atoms with Gasteiger partial charge in [-0.05, 0) is 19.9 Å². The molecule has 3 N–H and O–H groups in total. The quantitative estimate of drug-likeness (QED) is 0.250. The molecule has 0 aromatic heterocycles. The SMILES string of the molecule is CN1CCN(C(=NC2CC2)NN)CC1. The van der Waals surface area contributed by atoms with Gasteiger partial charge in [0.15, 0.2) is 0 Å². The van der Waals surface area contributed by atoms with Crippen LogP contribution in [0.5, 0.6) is 0 Å². The molecule has 5 nitrogen and oxygen atoms in total. The molecular weight excluding hydrogens is 178 g/mol. The summed E-state index contributed by atoms with van der Waals surface area (Å²) < 4.78 is 0. The predicted molar refractivity (Wildman–Crippen MR) is 56.9 cm³/mol. The maximum atomic E-state index is 5.48. The number of nitrogens with zero attached hydrogens (tertiary/aromatic N) is 3. The van der Waals surface area contributed by atoms with E-state index in [9.17, 15) is 0 Å². The van der Waals surface area contributed by atoms with E-state index < -0.39 is 0 Å². The van der Waals surface area contributed by atoms with E-state index in [0.717, 1.165) is 32.1 Å². The number of nitrogens with two attached hydrogens (primary N) is 1. The van der Waals surface area contributed by atoms with E-state index in [2.05, 4.69) is 27.3 Å². The van der Waals surface area contributed by atoms with Gasteiger partial charge in [-0.3, -0.25) is 5.43 Å². The molecule has 1 heterocycles. The van der Waals surface area contributed by atoms with Crippen molar-refractivity contribution < 1.29 is 0 Å². The van der Waals surface area contributed by atoms with Gasteiger partial charge in [-0.1, -0.05) is 0 Å². The molecule has 0 aromatic carbocycles. The highest BCUT2D eigenvalue weighted by atomic mass is 15.4. The molecule has 1 saturated heterocycles. The Balaban J connectivity index is 1.91. The van der Waals surface area contributed by atoms with E-state index in [1.54, 1.807) is 0 Å². The van der Waals surface area contributed by atoms with Gasteiger partial charge in [-0.15, -0.1) is 0 Å². The molecule has 14 heavy (non-hydrogen) atoms.